The van der Waals surface area contributed by atoms with Crippen molar-refractivity contribution in [1.29, 1.82) is 0 Å². The number of rotatable bonds is 5. The Hall–Kier alpha value is -2.37. The van der Waals surface area contributed by atoms with Crippen LogP contribution in [0.5, 0.6) is 5.75 Å². The van der Waals surface area contributed by atoms with Crippen molar-refractivity contribution in [3.63, 3.8) is 0 Å². The Morgan fingerprint density at radius 1 is 1.22 bits per heavy atom. The second kappa shape index (κ2) is 8.11. The number of carbonyl (C=O) groups is 1. The zero-order valence-electron chi connectivity index (χ0n) is 15.5. The van der Waals surface area contributed by atoms with E-state index >= 15 is 0 Å². The number of carbonyl (C=O) groups excluding carboxylic acids is 1. The molecule has 1 unspecified atom stereocenters. The Labute approximate surface area is 169 Å². The number of benzene rings is 2. The quantitative estimate of drug-likeness (QED) is 0.740. The van der Waals surface area contributed by atoms with Crippen molar-refractivity contribution in [2.45, 2.75) is 26.5 Å². The highest BCUT2D eigenvalue weighted by Crippen LogP contribution is 2.35. The van der Waals surface area contributed by atoms with E-state index in [1.165, 1.54) is 0 Å². The number of allylic oxidation sites excluding steroid dienone is 1. The lowest BCUT2D eigenvalue weighted by Gasteiger charge is -2.36. The van der Waals surface area contributed by atoms with Crippen LogP contribution >= 0.6 is 23.8 Å². The predicted octanol–water partition coefficient (Wildman–Crippen LogP) is 4.64. The number of ether oxygens (including phenoxy) is 1. The highest BCUT2D eigenvalue weighted by atomic mass is 35.5. The average Bonchev–Trinajstić information content (AvgIpc) is 2.65. The maximum absolute atomic E-state index is 12.3. The molecule has 2 aromatic carbocycles. The monoisotopic (exact) mass is 400 g/mol. The van der Waals surface area contributed by atoms with E-state index in [2.05, 4.69) is 5.32 Å². The smallest absolute Gasteiger partial charge is 0.173 e. The van der Waals surface area contributed by atoms with E-state index in [0.717, 1.165) is 16.8 Å². The number of hydrogen-bond acceptors (Lipinski definition) is 3. The molecule has 4 nitrogen and oxygen atoms in total. The summed E-state index contributed by atoms with van der Waals surface area (Å²) in [4.78, 5) is 14.2. The van der Waals surface area contributed by atoms with Crippen molar-refractivity contribution in [3.8, 4) is 5.75 Å². The number of para-hydroxylation sites is 1. The molecule has 1 N–H and O–H groups in total. The van der Waals surface area contributed by atoms with Gasteiger partial charge in [0.15, 0.2) is 10.9 Å². The van der Waals surface area contributed by atoms with Crippen LogP contribution < -0.4 is 10.1 Å². The molecule has 0 bridgehead atoms. The molecule has 0 amide bonds. The van der Waals surface area contributed by atoms with Gasteiger partial charge in [-0.25, -0.2) is 0 Å². The van der Waals surface area contributed by atoms with Crippen LogP contribution in [0.3, 0.4) is 0 Å². The molecule has 1 atom stereocenters. The molecule has 1 heterocycles. The van der Waals surface area contributed by atoms with E-state index in [1.807, 2.05) is 67.4 Å². The fourth-order valence-corrected chi connectivity index (χ4v) is 3.50. The normalized spacial score (nSPS) is 17.0. The van der Waals surface area contributed by atoms with Crippen LogP contribution in [-0.4, -0.2) is 22.8 Å². The first-order valence-corrected chi connectivity index (χ1v) is 9.39. The number of hydrogen-bond donors (Lipinski definition) is 1. The third kappa shape index (κ3) is 4.15. The molecule has 3 rings (SSSR count). The number of nitrogens with zero attached hydrogens (tertiary/aromatic N) is 1. The van der Waals surface area contributed by atoms with Gasteiger partial charge in [-0.1, -0.05) is 41.9 Å². The first-order chi connectivity index (χ1) is 12.9. The zero-order chi connectivity index (χ0) is 19.6. The second-order valence-electron chi connectivity index (χ2n) is 6.45. The minimum Gasteiger partial charge on any atom is -0.489 e. The molecular weight excluding hydrogens is 380 g/mol. The third-order valence-electron chi connectivity index (χ3n) is 4.67. The molecule has 0 saturated heterocycles. The van der Waals surface area contributed by atoms with Crippen molar-refractivity contribution >= 4 is 34.7 Å². The van der Waals surface area contributed by atoms with Gasteiger partial charge in [0.1, 0.15) is 12.4 Å². The fourth-order valence-electron chi connectivity index (χ4n) is 3.12. The van der Waals surface area contributed by atoms with Gasteiger partial charge in [-0.2, -0.15) is 0 Å². The van der Waals surface area contributed by atoms with Gasteiger partial charge in [-0.05, 0) is 49.8 Å². The number of halogens is 1. The lowest BCUT2D eigenvalue weighted by molar-refractivity contribution is -0.114. The summed E-state index contributed by atoms with van der Waals surface area (Å²) in [6.45, 7) is 3.89. The van der Waals surface area contributed by atoms with Crippen molar-refractivity contribution in [1.82, 2.24) is 10.2 Å². The lowest BCUT2D eigenvalue weighted by Crippen LogP contribution is -2.45. The maximum Gasteiger partial charge on any atom is 0.173 e. The van der Waals surface area contributed by atoms with Crippen molar-refractivity contribution in [3.05, 3.63) is 76.0 Å². The number of thiocarbonyl (C=S) groups is 1. The van der Waals surface area contributed by atoms with E-state index in [9.17, 15) is 4.79 Å². The van der Waals surface area contributed by atoms with Crippen LogP contribution in [0.4, 0.5) is 0 Å². The molecule has 0 spiro atoms. The van der Waals surface area contributed by atoms with Crippen LogP contribution in [0.2, 0.25) is 5.02 Å². The molecule has 1 aliphatic heterocycles. The van der Waals surface area contributed by atoms with Crippen LogP contribution in [0.25, 0.3) is 0 Å². The maximum atomic E-state index is 12.3. The molecule has 140 valence electrons. The molecular formula is C21H21ClN2O2S. The Kier molecular flexibility index (Phi) is 5.82. The van der Waals surface area contributed by atoms with Crippen LogP contribution in [0.15, 0.2) is 59.8 Å². The summed E-state index contributed by atoms with van der Waals surface area (Å²) in [5.41, 5.74) is 3.43. The Morgan fingerprint density at radius 2 is 1.89 bits per heavy atom. The molecule has 0 aromatic heterocycles. The van der Waals surface area contributed by atoms with Crippen molar-refractivity contribution in [2.24, 2.45) is 0 Å². The topological polar surface area (TPSA) is 41.6 Å². The first-order valence-electron chi connectivity index (χ1n) is 8.60. The summed E-state index contributed by atoms with van der Waals surface area (Å²) in [6, 6.07) is 14.9. The van der Waals surface area contributed by atoms with Crippen LogP contribution in [0, 0.1) is 0 Å². The minimum atomic E-state index is -0.340. The molecule has 27 heavy (non-hydrogen) atoms. The summed E-state index contributed by atoms with van der Waals surface area (Å²) in [7, 11) is 1.85. The molecule has 0 radical (unpaired) electrons. The minimum absolute atomic E-state index is 0.00635. The van der Waals surface area contributed by atoms with Gasteiger partial charge in [0.25, 0.3) is 0 Å². The van der Waals surface area contributed by atoms with Gasteiger partial charge in [0.2, 0.25) is 0 Å². The summed E-state index contributed by atoms with van der Waals surface area (Å²) in [6.07, 6.45) is 0. The highest BCUT2D eigenvalue weighted by molar-refractivity contribution is 7.80. The van der Waals surface area contributed by atoms with Crippen molar-refractivity contribution in [2.75, 3.05) is 7.05 Å². The van der Waals surface area contributed by atoms with Crippen LogP contribution in [0.1, 0.15) is 31.0 Å². The number of nitrogens with one attached hydrogen (secondary N) is 1. The largest absolute Gasteiger partial charge is 0.489 e. The predicted molar refractivity (Wildman–Crippen MR) is 112 cm³/mol. The summed E-state index contributed by atoms with van der Waals surface area (Å²) in [5.74, 6) is 0.718. The standard InChI is InChI=1S/C21H21ClN2O2S/c1-13-19(14(2)25)20(23-21(27)24(13)3)17-6-4-5-7-18(17)26-12-15-8-10-16(22)11-9-15/h4-11,20H,12H2,1-3H3,(H,23,27). The van der Waals surface area contributed by atoms with Gasteiger partial charge in [0, 0.05) is 28.9 Å². The zero-order valence-corrected chi connectivity index (χ0v) is 17.0. The SMILES string of the molecule is CC(=O)C1=C(C)N(C)C(=S)NC1c1ccccc1OCc1ccc(Cl)cc1. The summed E-state index contributed by atoms with van der Waals surface area (Å²) in [5, 5.41) is 4.54. The van der Waals surface area contributed by atoms with E-state index in [0.29, 0.717) is 28.1 Å². The Morgan fingerprint density at radius 3 is 2.56 bits per heavy atom. The Balaban J connectivity index is 1.93. The first kappa shape index (κ1) is 19.4. The molecule has 6 heteroatoms. The average molecular weight is 401 g/mol. The highest BCUT2D eigenvalue weighted by Gasteiger charge is 2.32. The van der Waals surface area contributed by atoms with Gasteiger partial charge in [-0.3, -0.25) is 4.79 Å². The summed E-state index contributed by atoms with van der Waals surface area (Å²) < 4.78 is 6.07. The number of ketones is 1. The molecule has 0 fully saturated rings. The van der Waals surface area contributed by atoms with Gasteiger partial charge >= 0.3 is 0 Å². The molecule has 1 aliphatic rings. The second-order valence-corrected chi connectivity index (χ2v) is 7.27. The summed E-state index contributed by atoms with van der Waals surface area (Å²) >= 11 is 11.4. The van der Waals surface area contributed by atoms with Gasteiger partial charge in [0.05, 0.1) is 6.04 Å². The fraction of sp³-hybridized carbons (Fsp3) is 0.238. The van der Waals surface area contributed by atoms with E-state index in [-0.39, 0.29) is 11.8 Å². The van der Waals surface area contributed by atoms with E-state index in [4.69, 9.17) is 28.6 Å². The molecule has 0 saturated carbocycles. The van der Waals surface area contributed by atoms with Gasteiger partial charge in [-0.15, -0.1) is 0 Å². The third-order valence-corrected chi connectivity index (χ3v) is 5.31. The van der Waals surface area contributed by atoms with Gasteiger partial charge < -0.3 is 15.0 Å². The van der Waals surface area contributed by atoms with Crippen molar-refractivity contribution < 1.29 is 9.53 Å². The van der Waals surface area contributed by atoms with Crippen LogP contribution in [-0.2, 0) is 11.4 Å². The number of Topliss-reactive ketones (excluding diaryl/α,β-unsaturated/α-hetero) is 1. The van der Waals surface area contributed by atoms with E-state index < -0.39 is 0 Å². The molecule has 2 aromatic rings. The lowest BCUT2D eigenvalue weighted by atomic mass is 9.92. The molecule has 0 aliphatic carbocycles. The van der Waals surface area contributed by atoms with E-state index in [1.54, 1.807) is 6.92 Å². The Bertz CT molecular complexity index is 909.